The van der Waals surface area contributed by atoms with E-state index in [1.165, 1.54) is 11.1 Å². The van der Waals surface area contributed by atoms with Gasteiger partial charge in [-0.3, -0.25) is 10.3 Å². The summed E-state index contributed by atoms with van der Waals surface area (Å²) in [5, 5.41) is 1.45. The molecule has 0 saturated carbocycles. The number of benzene rings is 2. The van der Waals surface area contributed by atoms with Crippen LogP contribution < -0.4 is 16.2 Å². The number of rotatable bonds is 8. The van der Waals surface area contributed by atoms with Crippen LogP contribution in [0.15, 0.2) is 48.5 Å². The summed E-state index contributed by atoms with van der Waals surface area (Å²) in [7, 11) is 0. The molecule has 0 spiro atoms. The van der Waals surface area contributed by atoms with Gasteiger partial charge in [0.15, 0.2) is 17.0 Å². The van der Waals surface area contributed by atoms with Gasteiger partial charge in [0, 0.05) is 41.8 Å². The van der Waals surface area contributed by atoms with E-state index in [4.69, 9.17) is 48.7 Å². The Kier molecular flexibility index (Phi) is 8.56. The maximum absolute atomic E-state index is 6.29. The van der Waals surface area contributed by atoms with E-state index in [0.29, 0.717) is 12.5 Å². The van der Waals surface area contributed by atoms with Gasteiger partial charge in [-0.1, -0.05) is 54.4 Å². The zero-order chi connectivity index (χ0) is 29.4. The number of fused-ring (bicyclic) bond motifs is 1. The first-order chi connectivity index (χ1) is 20.4. The van der Waals surface area contributed by atoms with Gasteiger partial charge < -0.3 is 14.2 Å². The predicted octanol–water partition coefficient (Wildman–Crippen LogP) is 5.98. The summed E-state index contributed by atoms with van der Waals surface area (Å²) in [6.07, 6.45) is 3.25. The third-order valence-electron chi connectivity index (χ3n) is 8.64. The fourth-order valence-corrected chi connectivity index (χ4v) is 6.73. The van der Waals surface area contributed by atoms with Crippen molar-refractivity contribution in [1.82, 2.24) is 24.4 Å². The Morgan fingerprint density at radius 2 is 1.67 bits per heavy atom. The molecule has 0 radical (unpaired) electrons. The molecule has 2 aliphatic heterocycles. The lowest BCUT2D eigenvalue weighted by molar-refractivity contribution is 0.0973. The first-order valence-electron chi connectivity index (χ1n) is 14.7. The van der Waals surface area contributed by atoms with Gasteiger partial charge in [-0.05, 0) is 68.5 Å². The molecule has 222 valence electrons. The van der Waals surface area contributed by atoms with E-state index >= 15 is 0 Å². The molecule has 42 heavy (non-hydrogen) atoms. The van der Waals surface area contributed by atoms with Crippen molar-refractivity contribution in [2.24, 2.45) is 5.84 Å². The van der Waals surface area contributed by atoms with Crippen LogP contribution in [0.25, 0.3) is 11.2 Å². The summed E-state index contributed by atoms with van der Waals surface area (Å²) in [4.78, 5) is 19.6. The molecule has 9 nitrogen and oxygen atoms in total. The van der Waals surface area contributed by atoms with Crippen molar-refractivity contribution in [3.63, 3.8) is 0 Å². The number of halogens is 2. The lowest BCUT2D eigenvalue weighted by Gasteiger charge is -2.49. The molecule has 3 N–H and O–H groups in total. The average Bonchev–Trinajstić information content (AvgIpc) is 3.62. The third kappa shape index (κ3) is 5.68. The zero-order valence-electron chi connectivity index (χ0n) is 24.3. The van der Waals surface area contributed by atoms with Crippen LogP contribution >= 0.6 is 23.2 Å². The number of imidazole rings is 1. The van der Waals surface area contributed by atoms with Crippen LogP contribution in [0.3, 0.4) is 0 Å². The average molecular weight is 610 g/mol. The second-order valence-corrected chi connectivity index (χ2v) is 12.2. The van der Waals surface area contributed by atoms with Gasteiger partial charge in [0.2, 0.25) is 5.95 Å². The van der Waals surface area contributed by atoms with E-state index in [2.05, 4.69) is 57.9 Å². The van der Waals surface area contributed by atoms with Crippen molar-refractivity contribution in [2.75, 3.05) is 30.0 Å². The molecule has 0 unspecified atom stereocenters. The number of nitrogens with one attached hydrogen (secondary N) is 1. The maximum atomic E-state index is 6.29. The van der Waals surface area contributed by atoms with E-state index in [9.17, 15) is 0 Å². The van der Waals surface area contributed by atoms with Crippen molar-refractivity contribution in [3.05, 3.63) is 75.5 Å². The van der Waals surface area contributed by atoms with Crippen LogP contribution in [0, 0.1) is 6.92 Å². The molecule has 2 aliphatic rings. The first-order valence-corrected chi connectivity index (χ1v) is 15.5. The highest BCUT2D eigenvalue weighted by Crippen LogP contribution is 2.37. The van der Waals surface area contributed by atoms with Crippen LogP contribution in [-0.2, 0) is 11.3 Å². The Balaban J connectivity index is 1.37. The summed E-state index contributed by atoms with van der Waals surface area (Å²) in [5.41, 5.74) is 6.67. The van der Waals surface area contributed by atoms with E-state index in [1.54, 1.807) is 0 Å². The van der Waals surface area contributed by atoms with E-state index < -0.39 is 0 Å². The molecule has 11 heteroatoms. The molecule has 2 fully saturated rings. The summed E-state index contributed by atoms with van der Waals surface area (Å²) in [6, 6.07) is 16.8. The Hall–Kier alpha value is -2.95. The predicted molar refractivity (Wildman–Crippen MR) is 169 cm³/mol. The molecule has 0 amide bonds. The topological polar surface area (TPSA) is 97.4 Å². The number of ether oxygens (including phenoxy) is 1. The molecule has 2 aromatic carbocycles. The van der Waals surface area contributed by atoms with E-state index in [0.717, 1.165) is 71.8 Å². The van der Waals surface area contributed by atoms with E-state index in [-0.39, 0.29) is 24.2 Å². The second kappa shape index (κ2) is 12.3. The Morgan fingerprint density at radius 3 is 2.24 bits per heavy atom. The smallest absolute Gasteiger partial charge is 0.241 e. The number of hydrazine groups is 1. The lowest BCUT2D eigenvalue weighted by Crippen LogP contribution is -2.58. The molecule has 6 rings (SSSR count). The summed E-state index contributed by atoms with van der Waals surface area (Å²) < 4.78 is 8.08. The van der Waals surface area contributed by atoms with Gasteiger partial charge in [-0.2, -0.15) is 9.97 Å². The molecule has 0 bridgehead atoms. The highest BCUT2D eigenvalue weighted by Gasteiger charge is 2.38. The molecule has 0 aliphatic carbocycles. The number of hydrogen-bond acceptors (Lipinski definition) is 8. The van der Waals surface area contributed by atoms with Gasteiger partial charge in [0.25, 0.3) is 0 Å². The van der Waals surface area contributed by atoms with Crippen LogP contribution in [0.1, 0.15) is 56.1 Å². The minimum Gasteiger partial charge on any atom is -0.376 e. The van der Waals surface area contributed by atoms with Crippen LogP contribution in [0.2, 0.25) is 10.0 Å². The van der Waals surface area contributed by atoms with Crippen LogP contribution in [-0.4, -0.2) is 62.3 Å². The highest BCUT2D eigenvalue weighted by atomic mass is 35.5. The van der Waals surface area contributed by atoms with Gasteiger partial charge in [0.1, 0.15) is 5.82 Å². The van der Waals surface area contributed by atoms with Gasteiger partial charge in [0.05, 0.1) is 18.7 Å². The minimum absolute atomic E-state index is 0.0497. The van der Waals surface area contributed by atoms with Crippen molar-refractivity contribution in [3.8, 4) is 0 Å². The molecule has 4 heterocycles. The monoisotopic (exact) mass is 608 g/mol. The standard InChI is InChI=1S/C31H38Cl2N8O/c1-4-25-17-39(29-27-30(37-31(36-29)38-34)40(20(3)35-27)18-26-6-5-15-42-26)19(2)16-41(25)28(21-7-11-23(32)12-8-21)22-9-13-24(33)14-10-22/h7-14,19,25-26,28H,4-6,15-18,34H2,1-3H3,(H,36,37,38)/t19-,25+,26-/m0/s1. The van der Waals surface area contributed by atoms with Crippen molar-refractivity contribution >= 4 is 46.1 Å². The Bertz CT molecular complexity index is 1480. The van der Waals surface area contributed by atoms with Crippen molar-refractivity contribution in [1.29, 1.82) is 0 Å². The highest BCUT2D eigenvalue weighted by molar-refractivity contribution is 6.30. The molecule has 2 saturated heterocycles. The number of piperazine rings is 1. The second-order valence-electron chi connectivity index (χ2n) is 11.4. The number of nitrogen functional groups attached to an aromatic ring is 1. The first kappa shape index (κ1) is 29.1. The fourth-order valence-electron chi connectivity index (χ4n) is 6.48. The number of nitrogens with two attached hydrogens (primary N) is 1. The quantitative estimate of drug-likeness (QED) is 0.186. The van der Waals surface area contributed by atoms with Crippen molar-refractivity contribution < 1.29 is 4.74 Å². The minimum atomic E-state index is 0.0497. The molecular weight excluding hydrogens is 571 g/mol. The Labute approximate surface area is 257 Å². The van der Waals surface area contributed by atoms with Gasteiger partial charge >= 0.3 is 0 Å². The number of anilines is 2. The third-order valence-corrected chi connectivity index (χ3v) is 9.14. The molecular formula is C31H38Cl2N8O. The largest absolute Gasteiger partial charge is 0.376 e. The molecule has 4 aromatic rings. The number of hydrogen-bond donors (Lipinski definition) is 2. The maximum Gasteiger partial charge on any atom is 0.241 e. The van der Waals surface area contributed by atoms with Crippen LogP contribution in [0.4, 0.5) is 11.8 Å². The number of aromatic nitrogens is 4. The summed E-state index contributed by atoms with van der Waals surface area (Å²) >= 11 is 12.6. The fraction of sp³-hybridized carbons (Fsp3) is 0.452. The lowest BCUT2D eigenvalue weighted by atomic mass is 9.92. The van der Waals surface area contributed by atoms with E-state index in [1.807, 2.05) is 31.2 Å². The summed E-state index contributed by atoms with van der Waals surface area (Å²) in [6.45, 7) is 9.64. The van der Waals surface area contributed by atoms with Crippen molar-refractivity contribution in [2.45, 2.75) is 70.8 Å². The van der Waals surface area contributed by atoms with Gasteiger partial charge in [-0.15, -0.1) is 0 Å². The summed E-state index contributed by atoms with van der Waals surface area (Å²) in [5.74, 6) is 7.97. The molecule has 2 aromatic heterocycles. The SMILES string of the molecule is CC[C@@H]1CN(c2nc(NN)nc3c2nc(C)n3C[C@@H]2CCCO2)[C@@H](C)CN1C(c1ccc(Cl)cc1)c1ccc(Cl)cc1. The van der Waals surface area contributed by atoms with Gasteiger partial charge in [-0.25, -0.2) is 10.8 Å². The number of aryl methyl sites for hydroxylation is 1. The Morgan fingerprint density at radius 1 is 1.00 bits per heavy atom. The molecule has 3 atom stereocenters. The number of nitrogens with zero attached hydrogens (tertiary/aromatic N) is 6. The zero-order valence-corrected chi connectivity index (χ0v) is 25.8. The normalized spacial score (nSPS) is 21.5. The van der Waals surface area contributed by atoms with Crippen LogP contribution in [0.5, 0.6) is 0 Å².